The molecule has 1 spiro atoms. The Kier molecular flexibility index (Phi) is 4.39. The molecular weight excluding hydrogens is 317 g/mol. The normalized spacial score (nSPS) is 36.4. The Labute approximate surface area is 150 Å². The smallest absolute Gasteiger partial charge is 0.163 e. The maximum atomic E-state index is 13.8. The van der Waals surface area contributed by atoms with Gasteiger partial charge >= 0.3 is 0 Å². The van der Waals surface area contributed by atoms with Crippen LogP contribution in [0.15, 0.2) is 24.3 Å². The van der Waals surface area contributed by atoms with E-state index in [2.05, 4.69) is 35.3 Å². The van der Waals surface area contributed by atoms with Crippen molar-refractivity contribution >= 4 is 0 Å². The van der Waals surface area contributed by atoms with Crippen molar-refractivity contribution in [2.75, 3.05) is 27.2 Å². The molecule has 1 atom stereocenters. The van der Waals surface area contributed by atoms with Crippen LogP contribution >= 0.6 is 0 Å². The second-order valence-corrected chi connectivity index (χ2v) is 8.51. The SMILES string of the molecule is CN(C)C1(c2cccc(F)c2)CCC2(CC1)CNC(O)N2CC1CC1. The highest BCUT2D eigenvalue weighted by atomic mass is 19.1. The number of hydrogen-bond donors (Lipinski definition) is 2. The number of aliphatic hydroxyl groups excluding tert-OH is 1. The Hall–Kier alpha value is -1.01. The molecule has 0 amide bonds. The molecule has 2 N–H and O–H groups in total. The molecule has 2 aliphatic carbocycles. The van der Waals surface area contributed by atoms with E-state index in [0.717, 1.165) is 50.3 Å². The topological polar surface area (TPSA) is 38.7 Å². The van der Waals surface area contributed by atoms with E-state index < -0.39 is 6.35 Å². The van der Waals surface area contributed by atoms with Crippen molar-refractivity contribution in [2.45, 2.75) is 56.0 Å². The summed E-state index contributed by atoms with van der Waals surface area (Å²) in [6, 6.07) is 7.10. The molecule has 5 heteroatoms. The molecule has 1 aromatic carbocycles. The fourth-order valence-corrected chi connectivity index (χ4v) is 4.99. The van der Waals surface area contributed by atoms with Gasteiger partial charge in [0.1, 0.15) is 5.82 Å². The number of rotatable bonds is 4. The lowest BCUT2D eigenvalue weighted by Crippen LogP contribution is -2.56. The van der Waals surface area contributed by atoms with Crippen LogP contribution in [0.1, 0.15) is 44.1 Å². The largest absolute Gasteiger partial charge is 0.365 e. The third-order valence-electron chi connectivity index (χ3n) is 6.90. The molecule has 1 aromatic rings. The molecule has 25 heavy (non-hydrogen) atoms. The molecule has 0 radical (unpaired) electrons. The number of aliphatic hydroxyl groups is 1. The van der Waals surface area contributed by atoms with Gasteiger partial charge in [0, 0.05) is 24.2 Å². The van der Waals surface area contributed by atoms with Crippen LogP contribution < -0.4 is 5.32 Å². The van der Waals surface area contributed by atoms with Crippen LogP contribution in [0.25, 0.3) is 0 Å². The van der Waals surface area contributed by atoms with Gasteiger partial charge in [-0.3, -0.25) is 15.1 Å². The maximum Gasteiger partial charge on any atom is 0.163 e. The molecule has 0 aromatic heterocycles. The Balaban J connectivity index is 1.57. The van der Waals surface area contributed by atoms with Crippen molar-refractivity contribution in [3.05, 3.63) is 35.6 Å². The zero-order chi connectivity index (χ0) is 17.7. The fraction of sp³-hybridized carbons (Fsp3) is 0.700. The predicted molar refractivity (Wildman–Crippen MR) is 96.4 cm³/mol. The van der Waals surface area contributed by atoms with Crippen molar-refractivity contribution in [2.24, 2.45) is 5.92 Å². The Bertz CT molecular complexity index is 623. The number of nitrogens with one attached hydrogen (secondary N) is 1. The zero-order valence-electron chi connectivity index (χ0n) is 15.3. The minimum absolute atomic E-state index is 0.0504. The molecule has 2 saturated carbocycles. The van der Waals surface area contributed by atoms with Crippen LogP contribution in [0.2, 0.25) is 0 Å². The highest BCUT2D eigenvalue weighted by molar-refractivity contribution is 5.27. The first kappa shape index (κ1) is 17.4. The first-order chi connectivity index (χ1) is 12.0. The molecule has 1 unspecified atom stereocenters. The molecule has 138 valence electrons. The fourth-order valence-electron chi connectivity index (χ4n) is 4.99. The van der Waals surface area contributed by atoms with Crippen molar-refractivity contribution in [3.8, 4) is 0 Å². The average Bonchev–Trinajstić information content (AvgIpc) is 3.37. The Morgan fingerprint density at radius 1 is 1.24 bits per heavy atom. The summed E-state index contributed by atoms with van der Waals surface area (Å²) in [5, 5.41) is 13.7. The Morgan fingerprint density at radius 3 is 2.56 bits per heavy atom. The van der Waals surface area contributed by atoms with Crippen molar-refractivity contribution < 1.29 is 9.50 Å². The molecular formula is C20H30FN3O. The van der Waals surface area contributed by atoms with Gasteiger partial charge in [0.15, 0.2) is 6.35 Å². The number of benzene rings is 1. The molecule has 3 aliphatic rings. The number of halogens is 1. The van der Waals surface area contributed by atoms with Gasteiger partial charge in [0.05, 0.1) is 0 Å². The van der Waals surface area contributed by atoms with Gasteiger partial charge in [-0.2, -0.15) is 0 Å². The standard InChI is InChI=1S/C20H30FN3O/c1-23(2)20(16-4-3-5-17(21)12-16)10-8-19(9-11-20)14-22-18(25)24(19)13-15-6-7-15/h3-5,12,15,18,22,25H,6-11,13-14H2,1-2H3. The van der Waals surface area contributed by atoms with Gasteiger partial charge < -0.3 is 5.11 Å². The van der Waals surface area contributed by atoms with Crippen molar-refractivity contribution in [1.82, 2.24) is 15.1 Å². The second-order valence-electron chi connectivity index (χ2n) is 8.51. The van der Waals surface area contributed by atoms with Crippen molar-refractivity contribution in [3.63, 3.8) is 0 Å². The highest BCUT2D eigenvalue weighted by Crippen LogP contribution is 2.48. The van der Waals surface area contributed by atoms with E-state index in [1.165, 1.54) is 18.9 Å². The third kappa shape index (κ3) is 3.01. The van der Waals surface area contributed by atoms with Crippen LogP contribution in [0.3, 0.4) is 0 Å². The second kappa shape index (κ2) is 6.31. The van der Waals surface area contributed by atoms with Gasteiger partial charge in [0.2, 0.25) is 0 Å². The summed E-state index contributed by atoms with van der Waals surface area (Å²) < 4.78 is 13.8. The zero-order valence-corrected chi connectivity index (χ0v) is 15.3. The lowest BCUT2D eigenvalue weighted by atomic mass is 9.68. The quantitative estimate of drug-likeness (QED) is 0.878. The molecule has 0 bridgehead atoms. The minimum Gasteiger partial charge on any atom is -0.365 e. The van der Waals surface area contributed by atoms with E-state index in [1.54, 1.807) is 6.07 Å². The van der Waals surface area contributed by atoms with Gasteiger partial charge in [-0.1, -0.05) is 12.1 Å². The molecule has 1 aliphatic heterocycles. The van der Waals surface area contributed by atoms with Gasteiger partial charge in [-0.15, -0.1) is 0 Å². The number of nitrogens with zero attached hydrogens (tertiary/aromatic N) is 2. The summed E-state index contributed by atoms with van der Waals surface area (Å²) >= 11 is 0. The Morgan fingerprint density at radius 2 is 1.96 bits per heavy atom. The van der Waals surface area contributed by atoms with Crippen molar-refractivity contribution in [1.29, 1.82) is 0 Å². The lowest BCUT2D eigenvalue weighted by molar-refractivity contribution is -0.0608. The summed E-state index contributed by atoms with van der Waals surface area (Å²) in [4.78, 5) is 4.58. The van der Waals surface area contributed by atoms with E-state index in [1.807, 2.05) is 6.07 Å². The highest BCUT2D eigenvalue weighted by Gasteiger charge is 2.52. The van der Waals surface area contributed by atoms with Gasteiger partial charge in [-0.25, -0.2) is 4.39 Å². The first-order valence-electron chi connectivity index (χ1n) is 9.57. The van der Waals surface area contributed by atoms with Crippen LogP contribution in [-0.2, 0) is 5.54 Å². The van der Waals surface area contributed by atoms with E-state index in [4.69, 9.17) is 0 Å². The molecule has 3 fully saturated rings. The summed E-state index contributed by atoms with van der Waals surface area (Å²) in [6.07, 6.45) is 6.10. The van der Waals surface area contributed by atoms with E-state index >= 15 is 0 Å². The van der Waals surface area contributed by atoms with Crippen LogP contribution in [0.4, 0.5) is 4.39 Å². The number of hydrogen-bond acceptors (Lipinski definition) is 4. The summed E-state index contributed by atoms with van der Waals surface area (Å²) in [6.45, 7) is 1.86. The lowest BCUT2D eigenvalue weighted by Gasteiger charge is -2.51. The third-order valence-corrected chi connectivity index (χ3v) is 6.90. The molecule has 4 rings (SSSR count). The minimum atomic E-state index is -0.512. The van der Waals surface area contributed by atoms with Crippen LogP contribution in [-0.4, -0.2) is 54.0 Å². The summed E-state index contributed by atoms with van der Waals surface area (Å²) in [7, 11) is 4.21. The van der Waals surface area contributed by atoms with E-state index in [0.29, 0.717) is 0 Å². The van der Waals surface area contributed by atoms with Crippen LogP contribution in [0.5, 0.6) is 0 Å². The first-order valence-corrected chi connectivity index (χ1v) is 9.57. The maximum absolute atomic E-state index is 13.8. The average molecular weight is 347 g/mol. The monoisotopic (exact) mass is 347 g/mol. The predicted octanol–water partition coefficient (Wildman–Crippen LogP) is 2.49. The summed E-state index contributed by atoms with van der Waals surface area (Å²) in [5.41, 5.74) is 1.01. The van der Waals surface area contributed by atoms with E-state index in [-0.39, 0.29) is 16.9 Å². The van der Waals surface area contributed by atoms with Gasteiger partial charge in [-0.05, 0) is 76.2 Å². The van der Waals surface area contributed by atoms with Crippen LogP contribution in [0, 0.1) is 11.7 Å². The molecule has 1 saturated heterocycles. The van der Waals surface area contributed by atoms with Gasteiger partial charge in [0.25, 0.3) is 0 Å². The molecule has 1 heterocycles. The summed E-state index contributed by atoms with van der Waals surface area (Å²) in [5.74, 6) is 0.600. The molecule has 4 nitrogen and oxygen atoms in total. The van der Waals surface area contributed by atoms with E-state index in [9.17, 15) is 9.50 Å².